The first kappa shape index (κ1) is 9.92. The third-order valence-electron chi connectivity index (χ3n) is 0.134. The van der Waals surface area contributed by atoms with Gasteiger partial charge in [-0.2, -0.15) is 18.6 Å². The van der Waals surface area contributed by atoms with Crippen molar-refractivity contribution in [3.05, 3.63) is 0 Å². The molecule has 0 aromatic heterocycles. The van der Waals surface area contributed by atoms with Gasteiger partial charge < -0.3 is 6.15 Å². The summed E-state index contributed by atoms with van der Waals surface area (Å²) in [6.45, 7) is 0. The van der Waals surface area contributed by atoms with Gasteiger partial charge in [0.2, 0.25) is 0 Å². The van der Waals surface area contributed by atoms with Crippen LogP contribution in [0, 0.1) is 0 Å². The van der Waals surface area contributed by atoms with Gasteiger partial charge in [-0.3, -0.25) is 0 Å². The molecule has 0 saturated carbocycles. The van der Waals surface area contributed by atoms with E-state index < -0.39 is 10.3 Å². The Morgan fingerprint density at radius 3 is 1.57 bits per heavy atom. The van der Waals surface area contributed by atoms with Gasteiger partial charge >= 0.3 is 10.3 Å². The van der Waals surface area contributed by atoms with Crippen molar-refractivity contribution < 1.29 is 12.7 Å². The molecule has 0 heterocycles. The summed E-state index contributed by atoms with van der Waals surface area (Å²) in [7, 11) is -3.88. The molecule has 0 aliphatic carbocycles. The maximum Gasteiger partial charge on any atom is 0.349 e. The predicted octanol–water partition coefficient (Wildman–Crippen LogP) is -1.76. The monoisotopic (exact) mass is 129 g/mol. The molecular weight excluding hydrogens is 122 g/mol. The SMILES string of the molecule is N.NOS(N)(=O)=O. The van der Waals surface area contributed by atoms with E-state index in [-0.39, 0.29) is 6.15 Å². The Morgan fingerprint density at radius 1 is 1.43 bits per heavy atom. The van der Waals surface area contributed by atoms with E-state index >= 15 is 0 Å². The molecule has 0 aliphatic rings. The molecule has 0 unspecified atom stereocenters. The standard InChI is InChI=1S/H4N2O3S.H3N/c1-5-6(2,3)4;/h1H2,(H2,2,3,4);1H3. The van der Waals surface area contributed by atoms with Crippen LogP contribution in [0.3, 0.4) is 0 Å². The molecule has 6 nitrogen and oxygen atoms in total. The van der Waals surface area contributed by atoms with Crippen molar-refractivity contribution >= 4 is 10.3 Å². The first-order chi connectivity index (χ1) is 2.56. The summed E-state index contributed by atoms with van der Waals surface area (Å²) < 4.78 is 22.0. The number of hydrogen-bond acceptors (Lipinski definition) is 5. The molecule has 0 aromatic carbocycles. The normalized spacial score (nSPS) is 10.0. The summed E-state index contributed by atoms with van der Waals surface area (Å²) >= 11 is 0. The van der Waals surface area contributed by atoms with Gasteiger partial charge in [0.1, 0.15) is 0 Å². The first-order valence-corrected chi connectivity index (χ1v) is 2.44. The van der Waals surface area contributed by atoms with Crippen molar-refractivity contribution in [2.24, 2.45) is 11.0 Å². The summed E-state index contributed by atoms with van der Waals surface area (Å²) in [6.07, 6.45) is 0. The smallest absolute Gasteiger partial charge is 0.344 e. The van der Waals surface area contributed by atoms with Gasteiger partial charge in [-0.1, -0.05) is 0 Å². The molecular formula is H7N3O3S. The van der Waals surface area contributed by atoms with Gasteiger partial charge in [0.15, 0.2) is 0 Å². The van der Waals surface area contributed by atoms with E-state index in [0.717, 1.165) is 0 Å². The minimum absolute atomic E-state index is 0. The van der Waals surface area contributed by atoms with E-state index in [0.29, 0.717) is 0 Å². The highest BCUT2D eigenvalue weighted by atomic mass is 32.2. The quantitative estimate of drug-likeness (QED) is 0.361. The highest BCUT2D eigenvalue weighted by Gasteiger charge is 1.92. The Labute approximate surface area is 41.2 Å². The van der Waals surface area contributed by atoms with Crippen molar-refractivity contribution in [2.75, 3.05) is 0 Å². The molecule has 0 aromatic rings. The molecule has 7 heavy (non-hydrogen) atoms. The second-order valence-corrected chi connectivity index (χ2v) is 1.77. The summed E-state index contributed by atoms with van der Waals surface area (Å²) in [5.41, 5.74) is 0. The first-order valence-electron chi connectivity index (χ1n) is 0.971. The zero-order chi connectivity index (χ0) is 5.21. The highest BCUT2D eigenvalue weighted by Crippen LogP contribution is 1.64. The predicted molar refractivity (Wildman–Crippen MR) is 23.4 cm³/mol. The molecule has 0 rings (SSSR count). The zero-order valence-electron chi connectivity index (χ0n) is 3.49. The van der Waals surface area contributed by atoms with Crippen LogP contribution in [-0.4, -0.2) is 8.42 Å². The van der Waals surface area contributed by atoms with Gasteiger partial charge in [0.05, 0.1) is 0 Å². The van der Waals surface area contributed by atoms with E-state index in [1.165, 1.54) is 0 Å². The van der Waals surface area contributed by atoms with E-state index in [1.54, 1.807) is 0 Å². The summed E-state index contributed by atoms with van der Waals surface area (Å²) in [5.74, 6) is 4.09. The van der Waals surface area contributed by atoms with Crippen LogP contribution in [0.15, 0.2) is 0 Å². The maximum atomic E-state index is 9.43. The van der Waals surface area contributed by atoms with Crippen LogP contribution in [0.1, 0.15) is 0 Å². The Hall–Kier alpha value is -0.210. The summed E-state index contributed by atoms with van der Waals surface area (Å²) in [4.78, 5) is 0. The van der Waals surface area contributed by atoms with Crippen molar-refractivity contribution in [2.45, 2.75) is 0 Å². The second-order valence-electron chi connectivity index (χ2n) is 0.589. The van der Waals surface area contributed by atoms with Crippen LogP contribution in [0.4, 0.5) is 0 Å². The third-order valence-corrected chi connectivity index (χ3v) is 0.402. The van der Waals surface area contributed by atoms with Gasteiger partial charge in [0.25, 0.3) is 0 Å². The Balaban J connectivity index is 0. The molecule has 0 amide bonds. The topological polar surface area (TPSA) is 130 Å². The molecule has 0 saturated heterocycles. The maximum absolute atomic E-state index is 9.43. The fourth-order valence-corrected chi connectivity index (χ4v) is 0. The van der Waals surface area contributed by atoms with Gasteiger partial charge in [0, 0.05) is 0 Å². The molecule has 0 fully saturated rings. The van der Waals surface area contributed by atoms with Crippen molar-refractivity contribution in [1.82, 2.24) is 6.15 Å². The number of rotatable bonds is 1. The average Bonchev–Trinajstić information content (AvgIpc) is 1.35. The molecule has 0 aliphatic heterocycles. The second kappa shape index (κ2) is 2.88. The summed E-state index contributed by atoms with van der Waals surface area (Å²) in [6, 6.07) is 0. The molecule has 7 heteroatoms. The molecule has 7 N–H and O–H groups in total. The fourth-order valence-electron chi connectivity index (χ4n) is 0. The van der Waals surface area contributed by atoms with Crippen LogP contribution in [-0.2, 0) is 14.6 Å². The molecule has 0 radical (unpaired) electrons. The highest BCUT2D eigenvalue weighted by molar-refractivity contribution is 7.84. The lowest BCUT2D eigenvalue weighted by atomic mass is 13.6. The number of nitrogens with two attached hydrogens (primary N) is 2. The Bertz CT molecular complexity index is 112. The van der Waals surface area contributed by atoms with Crippen LogP contribution in [0.25, 0.3) is 0 Å². The molecule has 0 spiro atoms. The van der Waals surface area contributed by atoms with Gasteiger partial charge in [-0.25, -0.2) is 5.14 Å². The lowest BCUT2D eigenvalue weighted by Crippen LogP contribution is -2.19. The van der Waals surface area contributed by atoms with E-state index in [2.05, 4.69) is 15.3 Å². The lowest BCUT2D eigenvalue weighted by molar-refractivity contribution is 0.333. The average molecular weight is 129 g/mol. The minimum atomic E-state index is -3.88. The van der Waals surface area contributed by atoms with Crippen LogP contribution < -0.4 is 17.2 Å². The van der Waals surface area contributed by atoms with Crippen molar-refractivity contribution in [1.29, 1.82) is 0 Å². The molecule has 0 atom stereocenters. The largest absolute Gasteiger partial charge is 0.349 e. The molecule has 46 valence electrons. The van der Waals surface area contributed by atoms with Crippen molar-refractivity contribution in [3.8, 4) is 0 Å². The minimum Gasteiger partial charge on any atom is -0.344 e. The summed E-state index contributed by atoms with van der Waals surface area (Å²) in [5, 5.41) is 4.16. The van der Waals surface area contributed by atoms with E-state index in [1.807, 2.05) is 0 Å². The van der Waals surface area contributed by atoms with Crippen LogP contribution in [0.5, 0.6) is 0 Å². The van der Waals surface area contributed by atoms with Crippen LogP contribution in [0.2, 0.25) is 0 Å². The Morgan fingerprint density at radius 2 is 1.57 bits per heavy atom. The van der Waals surface area contributed by atoms with Crippen molar-refractivity contribution in [3.63, 3.8) is 0 Å². The third kappa shape index (κ3) is 10.7. The van der Waals surface area contributed by atoms with E-state index in [4.69, 9.17) is 0 Å². The van der Waals surface area contributed by atoms with E-state index in [9.17, 15) is 8.42 Å². The van der Waals surface area contributed by atoms with Gasteiger partial charge in [-0.15, -0.1) is 0 Å². The Kier molecular flexibility index (Phi) is 4.08. The lowest BCUT2D eigenvalue weighted by Gasteiger charge is -1.83. The van der Waals surface area contributed by atoms with Crippen LogP contribution >= 0.6 is 0 Å². The number of hydrogen-bond donors (Lipinski definition) is 3. The molecule has 0 bridgehead atoms. The van der Waals surface area contributed by atoms with Gasteiger partial charge in [-0.05, 0) is 0 Å². The zero-order valence-corrected chi connectivity index (χ0v) is 4.31. The fraction of sp³-hybridized carbons (Fsp3) is 0.